The number of rotatable bonds is 3. The second kappa shape index (κ2) is 5.61. The van der Waals surface area contributed by atoms with Crippen LogP contribution in [0.25, 0.3) is 0 Å². The molecule has 1 aliphatic carbocycles. The van der Waals surface area contributed by atoms with Gasteiger partial charge in [0.15, 0.2) is 0 Å². The summed E-state index contributed by atoms with van der Waals surface area (Å²) in [5.41, 5.74) is 5.51. The number of aryl methyl sites for hydroxylation is 1. The Morgan fingerprint density at radius 1 is 1.47 bits per heavy atom. The summed E-state index contributed by atoms with van der Waals surface area (Å²) in [5, 5.41) is 0. The van der Waals surface area contributed by atoms with Gasteiger partial charge < -0.3 is 0 Å². The lowest BCUT2D eigenvalue weighted by molar-refractivity contribution is 0.453. The van der Waals surface area contributed by atoms with Crippen LogP contribution in [0.3, 0.4) is 0 Å². The minimum atomic E-state index is 0.115. The van der Waals surface area contributed by atoms with E-state index in [0.29, 0.717) is 5.92 Å². The maximum absolute atomic E-state index is 5.80. The monoisotopic (exact) mass is 401 g/mol. The number of fused-ring (bicyclic) bond motifs is 1. The molecule has 2 aromatic rings. The molecular weight excluding hydrogens is 390 g/mol. The van der Waals surface area contributed by atoms with Crippen molar-refractivity contribution in [3.8, 4) is 0 Å². The van der Waals surface area contributed by atoms with E-state index in [-0.39, 0.29) is 6.04 Å². The van der Waals surface area contributed by atoms with E-state index in [4.69, 9.17) is 5.84 Å². The van der Waals surface area contributed by atoms with Gasteiger partial charge in [-0.15, -0.1) is 11.3 Å². The van der Waals surface area contributed by atoms with Gasteiger partial charge in [0, 0.05) is 27.2 Å². The van der Waals surface area contributed by atoms with Crippen LogP contribution in [0.2, 0.25) is 0 Å². The first-order valence-electron chi connectivity index (χ1n) is 6.05. The van der Waals surface area contributed by atoms with Crippen LogP contribution in [0.5, 0.6) is 0 Å². The van der Waals surface area contributed by atoms with Crippen molar-refractivity contribution >= 4 is 43.2 Å². The number of nitrogens with two attached hydrogens (primary N) is 1. The normalized spacial score (nSPS) is 19.4. The fourth-order valence-corrected chi connectivity index (χ4v) is 4.90. The number of nitrogens with zero attached hydrogens (tertiary/aromatic N) is 1. The maximum atomic E-state index is 5.80. The van der Waals surface area contributed by atoms with Crippen LogP contribution in [-0.4, -0.2) is 4.98 Å². The molecular formula is C13H13Br2N3S. The van der Waals surface area contributed by atoms with Crippen molar-refractivity contribution < 1.29 is 0 Å². The SMILES string of the molecule is NNC(c1cc(Br)c(Br)s1)C1CCc2cccnc21. The van der Waals surface area contributed by atoms with E-state index < -0.39 is 0 Å². The molecule has 19 heavy (non-hydrogen) atoms. The largest absolute Gasteiger partial charge is 0.271 e. The lowest BCUT2D eigenvalue weighted by atomic mass is 9.96. The molecule has 0 fully saturated rings. The van der Waals surface area contributed by atoms with Crippen molar-refractivity contribution in [1.29, 1.82) is 0 Å². The van der Waals surface area contributed by atoms with Gasteiger partial charge in [0.1, 0.15) is 0 Å². The van der Waals surface area contributed by atoms with E-state index in [2.05, 4.69) is 54.4 Å². The third kappa shape index (κ3) is 2.52. The molecule has 0 aliphatic heterocycles. The molecule has 3 N–H and O–H groups in total. The smallest absolute Gasteiger partial charge is 0.0843 e. The number of aromatic nitrogens is 1. The summed E-state index contributed by atoms with van der Waals surface area (Å²) < 4.78 is 2.17. The molecule has 0 radical (unpaired) electrons. The number of pyridine rings is 1. The summed E-state index contributed by atoms with van der Waals surface area (Å²) in [6.07, 6.45) is 4.04. The summed E-state index contributed by atoms with van der Waals surface area (Å²) >= 11 is 8.78. The summed E-state index contributed by atoms with van der Waals surface area (Å²) in [5.74, 6) is 6.15. The first-order chi connectivity index (χ1) is 9.20. The van der Waals surface area contributed by atoms with Gasteiger partial charge in [0.2, 0.25) is 0 Å². The Labute approximate surface area is 132 Å². The van der Waals surface area contributed by atoms with Crippen LogP contribution in [0, 0.1) is 0 Å². The quantitative estimate of drug-likeness (QED) is 0.604. The number of hydrogen-bond acceptors (Lipinski definition) is 4. The van der Waals surface area contributed by atoms with Crippen molar-refractivity contribution in [2.45, 2.75) is 24.8 Å². The number of nitrogens with one attached hydrogen (secondary N) is 1. The van der Waals surface area contributed by atoms with Gasteiger partial charge in [-0.3, -0.25) is 16.3 Å². The summed E-state index contributed by atoms with van der Waals surface area (Å²) in [4.78, 5) is 5.78. The Morgan fingerprint density at radius 2 is 2.32 bits per heavy atom. The zero-order valence-electron chi connectivity index (χ0n) is 10.1. The van der Waals surface area contributed by atoms with Gasteiger partial charge in [-0.05, 0) is 62.4 Å². The minimum absolute atomic E-state index is 0.115. The van der Waals surface area contributed by atoms with Crippen molar-refractivity contribution in [3.05, 3.63) is 48.8 Å². The summed E-state index contributed by atoms with van der Waals surface area (Å²) in [7, 11) is 0. The Hall–Kier alpha value is -0.270. The highest BCUT2D eigenvalue weighted by molar-refractivity contribution is 9.13. The fraction of sp³-hybridized carbons (Fsp3) is 0.308. The molecule has 0 saturated carbocycles. The maximum Gasteiger partial charge on any atom is 0.0843 e. The Morgan fingerprint density at radius 3 is 3.00 bits per heavy atom. The van der Waals surface area contributed by atoms with Crippen LogP contribution in [-0.2, 0) is 6.42 Å². The van der Waals surface area contributed by atoms with Crippen molar-refractivity contribution in [2.75, 3.05) is 0 Å². The van der Waals surface area contributed by atoms with Gasteiger partial charge in [-0.1, -0.05) is 6.07 Å². The second-order valence-electron chi connectivity index (χ2n) is 4.61. The third-order valence-electron chi connectivity index (χ3n) is 3.55. The van der Waals surface area contributed by atoms with E-state index in [0.717, 1.165) is 21.1 Å². The molecule has 2 heterocycles. The zero-order chi connectivity index (χ0) is 13.4. The first-order valence-corrected chi connectivity index (χ1v) is 8.45. The molecule has 2 unspecified atom stereocenters. The zero-order valence-corrected chi connectivity index (χ0v) is 14.1. The predicted molar refractivity (Wildman–Crippen MR) is 85.1 cm³/mol. The molecule has 100 valence electrons. The molecule has 3 nitrogen and oxygen atoms in total. The molecule has 0 aromatic carbocycles. The Bertz CT molecular complexity index is 580. The van der Waals surface area contributed by atoms with Gasteiger partial charge >= 0.3 is 0 Å². The standard InChI is InChI=1S/C13H13Br2N3S/c14-9-6-10(19-13(9)15)12(18-16)8-4-3-7-2-1-5-17-11(7)8/h1-2,5-6,8,12,18H,3-4,16H2. The van der Waals surface area contributed by atoms with E-state index in [1.807, 2.05) is 12.3 Å². The van der Waals surface area contributed by atoms with Gasteiger partial charge in [0.05, 0.1) is 9.83 Å². The molecule has 0 amide bonds. The van der Waals surface area contributed by atoms with Crippen LogP contribution in [0.15, 0.2) is 32.7 Å². The molecule has 1 aliphatic rings. The average molecular weight is 403 g/mol. The second-order valence-corrected chi connectivity index (χ2v) is 7.86. The average Bonchev–Trinajstić information content (AvgIpc) is 2.97. The number of hydrazine groups is 1. The van der Waals surface area contributed by atoms with Crippen LogP contribution < -0.4 is 11.3 Å². The molecule has 2 atom stereocenters. The Balaban J connectivity index is 1.96. The van der Waals surface area contributed by atoms with E-state index in [9.17, 15) is 0 Å². The van der Waals surface area contributed by atoms with Crippen LogP contribution in [0.1, 0.15) is 34.5 Å². The number of hydrogen-bond donors (Lipinski definition) is 2. The number of thiophene rings is 1. The lowest BCUT2D eigenvalue weighted by Crippen LogP contribution is -2.31. The highest BCUT2D eigenvalue weighted by atomic mass is 79.9. The van der Waals surface area contributed by atoms with Crippen molar-refractivity contribution in [2.24, 2.45) is 5.84 Å². The summed E-state index contributed by atoms with van der Waals surface area (Å²) in [6, 6.07) is 6.41. The van der Waals surface area contributed by atoms with Crippen LogP contribution in [0.4, 0.5) is 0 Å². The van der Waals surface area contributed by atoms with E-state index >= 15 is 0 Å². The highest BCUT2D eigenvalue weighted by Gasteiger charge is 2.32. The van der Waals surface area contributed by atoms with Gasteiger partial charge in [-0.25, -0.2) is 0 Å². The van der Waals surface area contributed by atoms with Crippen LogP contribution >= 0.6 is 43.2 Å². The third-order valence-corrected chi connectivity index (χ3v) is 6.89. The van der Waals surface area contributed by atoms with E-state index in [1.54, 1.807) is 11.3 Å². The molecule has 6 heteroatoms. The summed E-state index contributed by atoms with van der Waals surface area (Å²) in [6.45, 7) is 0. The molecule has 3 rings (SSSR count). The lowest BCUT2D eigenvalue weighted by Gasteiger charge is -2.21. The molecule has 0 saturated heterocycles. The first kappa shape index (κ1) is 13.7. The highest BCUT2D eigenvalue weighted by Crippen LogP contribution is 2.44. The predicted octanol–water partition coefficient (Wildman–Crippen LogP) is 3.90. The van der Waals surface area contributed by atoms with Gasteiger partial charge in [-0.2, -0.15) is 0 Å². The van der Waals surface area contributed by atoms with Gasteiger partial charge in [0.25, 0.3) is 0 Å². The van der Waals surface area contributed by atoms with Crippen molar-refractivity contribution in [1.82, 2.24) is 10.4 Å². The van der Waals surface area contributed by atoms with E-state index in [1.165, 1.54) is 16.1 Å². The topological polar surface area (TPSA) is 50.9 Å². The molecule has 0 bridgehead atoms. The minimum Gasteiger partial charge on any atom is -0.271 e. The molecule has 0 spiro atoms. The fourth-order valence-electron chi connectivity index (χ4n) is 2.68. The Kier molecular flexibility index (Phi) is 4.05. The molecule has 2 aromatic heterocycles. The number of halogens is 2. The van der Waals surface area contributed by atoms with Crippen molar-refractivity contribution in [3.63, 3.8) is 0 Å².